The average Bonchev–Trinajstić information content (AvgIpc) is 2.50. The molecule has 0 aliphatic carbocycles. The molecule has 0 aromatic heterocycles. The molecule has 1 aliphatic rings. The Labute approximate surface area is 145 Å². The monoisotopic (exact) mass is 353 g/mol. The van der Waals surface area contributed by atoms with Gasteiger partial charge in [0.25, 0.3) is 0 Å². The normalized spacial score (nSPS) is 12.2. The first-order valence-corrected chi connectivity index (χ1v) is 7.99. The molecule has 0 atom stereocenters. The maximum Gasteiger partial charge on any atom is 0.231 e. The van der Waals surface area contributed by atoms with E-state index < -0.39 is 0 Å². The van der Waals surface area contributed by atoms with E-state index in [1.807, 2.05) is 42.5 Å². The molecular weight excluding hydrogens is 339 g/mol. The number of nitrogens with two attached hydrogens (primary N) is 1. The quantitative estimate of drug-likeness (QED) is 0.902. The number of carbonyl (C=O) groups is 1. The molecule has 0 saturated carbocycles. The summed E-state index contributed by atoms with van der Waals surface area (Å²) in [4.78, 5) is 16.5. The third-order valence-corrected chi connectivity index (χ3v) is 4.70. The van der Waals surface area contributed by atoms with E-state index in [0.717, 1.165) is 21.2 Å². The standard InChI is InChI=1S/C16H15ClN2OS.ClH/c17-11-7-8-15-13(10-11)19(16(20)6-3-9-18)12-4-1-2-5-14(12)21-15;/h1-2,4-5,7-8,10H,3,6,9,18H2;1H/p-1. The van der Waals surface area contributed by atoms with Crippen molar-refractivity contribution >= 4 is 40.6 Å². The van der Waals surface area contributed by atoms with E-state index in [-0.39, 0.29) is 18.3 Å². The first kappa shape index (κ1) is 17.2. The van der Waals surface area contributed by atoms with Crippen LogP contribution in [0, 0.1) is 0 Å². The van der Waals surface area contributed by atoms with E-state index in [1.54, 1.807) is 16.7 Å². The molecule has 0 fully saturated rings. The van der Waals surface area contributed by atoms with Crippen LogP contribution >= 0.6 is 23.4 Å². The Morgan fingerprint density at radius 3 is 2.64 bits per heavy atom. The number of benzene rings is 2. The fourth-order valence-corrected chi connectivity index (χ4v) is 3.57. The summed E-state index contributed by atoms with van der Waals surface area (Å²) < 4.78 is 0. The minimum absolute atomic E-state index is 0. The highest BCUT2D eigenvalue weighted by Crippen LogP contribution is 2.48. The van der Waals surface area contributed by atoms with E-state index in [2.05, 4.69) is 0 Å². The lowest BCUT2D eigenvalue weighted by molar-refractivity contribution is -0.118. The Bertz CT molecular complexity index is 694. The molecule has 116 valence electrons. The maximum atomic E-state index is 12.6. The summed E-state index contributed by atoms with van der Waals surface area (Å²) in [6.07, 6.45) is 1.11. The SMILES string of the molecule is NCCCC(=O)N1c2ccccc2Sc2ccc(Cl)cc21.[Cl-]. The smallest absolute Gasteiger partial charge is 0.231 e. The van der Waals surface area contributed by atoms with Crippen LogP contribution in [0.4, 0.5) is 11.4 Å². The molecule has 6 heteroatoms. The molecule has 22 heavy (non-hydrogen) atoms. The second kappa shape index (κ2) is 7.38. The Morgan fingerprint density at radius 1 is 1.14 bits per heavy atom. The minimum atomic E-state index is 0. The second-order valence-corrected chi connectivity index (χ2v) is 6.32. The minimum Gasteiger partial charge on any atom is -1.00 e. The Hall–Kier alpha value is -1.20. The Morgan fingerprint density at radius 2 is 1.86 bits per heavy atom. The van der Waals surface area contributed by atoms with Crippen molar-refractivity contribution in [3.63, 3.8) is 0 Å². The van der Waals surface area contributed by atoms with Crippen molar-refractivity contribution in [2.24, 2.45) is 5.73 Å². The Kier molecular flexibility index (Phi) is 5.75. The van der Waals surface area contributed by atoms with Gasteiger partial charge in [0.1, 0.15) is 0 Å². The number of nitrogens with zero attached hydrogens (tertiary/aromatic N) is 1. The van der Waals surface area contributed by atoms with Crippen molar-refractivity contribution in [1.82, 2.24) is 0 Å². The average molecular weight is 354 g/mol. The van der Waals surface area contributed by atoms with Crippen LogP contribution in [0.3, 0.4) is 0 Å². The number of para-hydroxylation sites is 1. The number of hydrogen-bond donors (Lipinski definition) is 1. The van der Waals surface area contributed by atoms with Crippen LogP contribution in [-0.4, -0.2) is 12.5 Å². The van der Waals surface area contributed by atoms with Gasteiger partial charge in [-0.1, -0.05) is 35.5 Å². The van der Waals surface area contributed by atoms with Crippen LogP contribution in [0.25, 0.3) is 0 Å². The molecule has 2 aromatic rings. The zero-order valence-electron chi connectivity index (χ0n) is 11.8. The van der Waals surface area contributed by atoms with Crippen LogP contribution < -0.4 is 23.0 Å². The number of anilines is 2. The fraction of sp³-hybridized carbons (Fsp3) is 0.188. The van der Waals surface area contributed by atoms with Crippen molar-refractivity contribution in [1.29, 1.82) is 0 Å². The molecule has 3 nitrogen and oxygen atoms in total. The summed E-state index contributed by atoms with van der Waals surface area (Å²) in [5, 5.41) is 0.630. The van der Waals surface area contributed by atoms with Gasteiger partial charge >= 0.3 is 0 Å². The molecule has 1 heterocycles. The summed E-state index contributed by atoms with van der Waals surface area (Å²) in [5.74, 6) is 0.0525. The Balaban J connectivity index is 0.00000176. The molecule has 0 unspecified atom stereocenters. The molecule has 3 rings (SSSR count). The van der Waals surface area contributed by atoms with Gasteiger partial charge in [-0.3, -0.25) is 9.69 Å². The zero-order chi connectivity index (χ0) is 14.8. The van der Waals surface area contributed by atoms with Gasteiger partial charge in [-0.15, -0.1) is 0 Å². The molecule has 1 amide bonds. The van der Waals surface area contributed by atoms with Crippen molar-refractivity contribution in [3.8, 4) is 0 Å². The van der Waals surface area contributed by atoms with Crippen molar-refractivity contribution in [2.45, 2.75) is 22.6 Å². The zero-order valence-corrected chi connectivity index (χ0v) is 14.1. The van der Waals surface area contributed by atoms with Gasteiger partial charge in [0.15, 0.2) is 0 Å². The number of halogens is 2. The first-order valence-electron chi connectivity index (χ1n) is 6.80. The van der Waals surface area contributed by atoms with Gasteiger partial charge in [0, 0.05) is 21.2 Å². The van der Waals surface area contributed by atoms with Crippen LogP contribution in [0.15, 0.2) is 52.3 Å². The number of fused-ring (bicyclic) bond motifs is 2. The van der Waals surface area contributed by atoms with Crippen LogP contribution in [-0.2, 0) is 4.79 Å². The summed E-state index contributed by atoms with van der Waals surface area (Å²) in [5.41, 5.74) is 7.29. The van der Waals surface area contributed by atoms with Gasteiger partial charge in [0.05, 0.1) is 11.4 Å². The third kappa shape index (κ3) is 3.25. The lowest BCUT2D eigenvalue weighted by Crippen LogP contribution is -3.00. The second-order valence-electron chi connectivity index (χ2n) is 4.80. The van der Waals surface area contributed by atoms with Gasteiger partial charge in [-0.05, 0) is 43.3 Å². The van der Waals surface area contributed by atoms with Crippen LogP contribution in [0.1, 0.15) is 12.8 Å². The number of amides is 1. The lowest BCUT2D eigenvalue weighted by atomic mass is 10.2. The topological polar surface area (TPSA) is 46.3 Å². The van der Waals surface area contributed by atoms with Gasteiger partial charge < -0.3 is 18.1 Å². The predicted molar refractivity (Wildman–Crippen MR) is 87.5 cm³/mol. The van der Waals surface area contributed by atoms with E-state index in [1.165, 1.54) is 0 Å². The number of hydrogen-bond acceptors (Lipinski definition) is 3. The number of rotatable bonds is 3. The van der Waals surface area contributed by atoms with Crippen molar-refractivity contribution < 1.29 is 17.2 Å². The van der Waals surface area contributed by atoms with Crippen LogP contribution in [0.2, 0.25) is 5.02 Å². The van der Waals surface area contributed by atoms with Gasteiger partial charge in [0.2, 0.25) is 5.91 Å². The summed E-state index contributed by atoms with van der Waals surface area (Å²) >= 11 is 7.77. The van der Waals surface area contributed by atoms with Gasteiger partial charge in [-0.2, -0.15) is 0 Å². The summed E-state index contributed by atoms with van der Waals surface area (Å²) in [6, 6.07) is 13.6. The predicted octanol–water partition coefficient (Wildman–Crippen LogP) is 1.21. The molecule has 1 aliphatic heterocycles. The molecule has 2 N–H and O–H groups in total. The van der Waals surface area contributed by atoms with E-state index in [0.29, 0.717) is 24.4 Å². The number of carbonyl (C=O) groups excluding carboxylic acids is 1. The maximum absolute atomic E-state index is 12.6. The molecule has 0 bridgehead atoms. The lowest BCUT2D eigenvalue weighted by Gasteiger charge is -2.31. The van der Waals surface area contributed by atoms with E-state index in [4.69, 9.17) is 17.3 Å². The van der Waals surface area contributed by atoms with E-state index >= 15 is 0 Å². The summed E-state index contributed by atoms with van der Waals surface area (Å²) in [6.45, 7) is 0.512. The molecular formula is C16H15Cl2N2OS-. The first-order chi connectivity index (χ1) is 10.2. The molecule has 0 spiro atoms. The molecule has 0 radical (unpaired) electrons. The fourth-order valence-electron chi connectivity index (χ4n) is 2.36. The highest BCUT2D eigenvalue weighted by atomic mass is 35.5. The summed E-state index contributed by atoms with van der Waals surface area (Å²) in [7, 11) is 0. The van der Waals surface area contributed by atoms with Crippen LogP contribution in [0.5, 0.6) is 0 Å². The highest BCUT2D eigenvalue weighted by Gasteiger charge is 2.27. The van der Waals surface area contributed by atoms with Crippen molar-refractivity contribution in [3.05, 3.63) is 47.5 Å². The molecule has 2 aromatic carbocycles. The van der Waals surface area contributed by atoms with Crippen molar-refractivity contribution in [2.75, 3.05) is 11.4 Å². The third-order valence-electron chi connectivity index (χ3n) is 3.33. The van der Waals surface area contributed by atoms with E-state index in [9.17, 15) is 4.79 Å². The van der Waals surface area contributed by atoms with Gasteiger partial charge in [-0.25, -0.2) is 0 Å². The highest BCUT2D eigenvalue weighted by molar-refractivity contribution is 7.99. The largest absolute Gasteiger partial charge is 1.00 e. The molecule has 0 saturated heterocycles.